The Morgan fingerprint density at radius 2 is 1.80 bits per heavy atom. The monoisotopic (exact) mass is 227 g/mol. The third-order valence-corrected chi connectivity index (χ3v) is 1.41. The Hall–Kier alpha value is -1.53. The Morgan fingerprint density at radius 1 is 1.20 bits per heavy atom. The van der Waals surface area contributed by atoms with E-state index in [4.69, 9.17) is 5.73 Å². The van der Waals surface area contributed by atoms with Crippen molar-refractivity contribution in [1.82, 2.24) is 0 Å². The van der Waals surface area contributed by atoms with E-state index < -0.39 is 30.2 Å². The molecule has 0 aromatic heterocycles. The van der Waals surface area contributed by atoms with Crippen LogP contribution in [0.4, 0.5) is 27.6 Å². The summed E-state index contributed by atoms with van der Waals surface area (Å²) in [5.41, 5.74) is 4.88. The maximum atomic E-state index is 12.8. The molecule has 0 unspecified atom stereocenters. The van der Waals surface area contributed by atoms with Crippen LogP contribution in [-0.2, 0) is 0 Å². The molecule has 1 rings (SSSR count). The highest BCUT2D eigenvalue weighted by Crippen LogP contribution is 2.25. The molecular formula is C8H6F5NO. The Kier molecular flexibility index (Phi) is 3.01. The van der Waals surface area contributed by atoms with Crippen LogP contribution < -0.4 is 10.5 Å². The lowest BCUT2D eigenvalue weighted by Gasteiger charge is -2.10. The topological polar surface area (TPSA) is 35.2 Å². The molecule has 0 spiro atoms. The molecule has 2 nitrogen and oxygen atoms in total. The van der Waals surface area contributed by atoms with E-state index in [1.165, 1.54) is 0 Å². The molecule has 0 saturated carbocycles. The molecule has 0 aliphatic carbocycles. The molecule has 0 fully saturated rings. The average Bonchev–Trinajstić information content (AvgIpc) is 2.07. The van der Waals surface area contributed by atoms with Crippen molar-refractivity contribution >= 4 is 5.69 Å². The standard InChI is InChI=1S/C8H6F5NO/c9-5-1-4(14)2-6(7(5)10)15-3-8(11,12)13/h1-2H,3,14H2. The molecule has 1 aromatic rings. The number of halogens is 5. The minimum Gasteiger partial charge on any atom is -0.481 e. The van der Waals surface area contributed by atoms with E-state index in [1.807, 2.05) is 0 Å². The van der Waals surface area contributed by atoms with Gasteiger partial charge in [0.25, 0.3) is 0 Å². The number of nitrogen functional groups attached to an aromatic ring is 1. The predicted molar refractivity (Wildman–Crippen MR) is 42.3 cm³/mol. The van der Waals surface area contributed by atoms with Gasteiger partial charge >= 0.3 is 6.18 Å². The maximum absolute atomic E-state index is 12.8. The van der Waals surface area contributed by atoms with E-state index in [9.17, 15) is 22.0 Å². The normalized spacial score (nSPS) is 11.5. The van der Waals surface area contributed by atoms with Crippen LogP contribution in [0.25, 0.3) is 0 Å². The summed E-state index contributed by atoms with van der Waals surface area (Å²) < 4.78 is 64.6. The van der Waals surface area contributed by atoms with Crippen LogP contribution in [-0.4, -0.2) is 12.8 Å². The highest BCUT2D eigenvalue weighted by atomic mass is 19.4. The largest absolute Gasteiger partial charge is 0.481 e. The molecule has 0 bridgehead atoms. The van der Waals surface area contributed by atoms with Crippen molar-refractivity contribution < 1.29 is 26.7 Å². The van der Waals surface area contributed by atoms with Crippen molar-refractivity contribution in [2.45, 2.75) is 6.18 Å². The van der Waals surface area contributed by atoms with Crippen LogP contribution >= 0.6 is 0 Å². The summed E-state index contributed by atoms with van der Waals surface area (Å²) in [5.74, 6) is -3.70. The zero-order valence-electron chi connectivity index (χ0n) is 7.24. The third-order valence-electron chi connectivity index (χ3n) is 1.41. The Balaban J connectivity index is 2.86. The summed E-state index contributed by atoms with van der Waals surface area (Å²) in [6.07, 6.45) is -4.62. The first-order chi connectivity index (χ1) is 6.79. The van der Waals surface area contributed by atoms with Crippen molar-refractivity contribution in [3.8, 4) is 5.75 Å². The molecule has 0 radical (unpaired) electrons. The number of hydrogen-bond acceptors (Lipinski definition) is 2. The van der Waals surface area contributed by atoms with Crippen LogP contribution in [0.5, 0.6) is 5.75 Å². The van der Waals surface area contributed by atoms with Gasteiger partial charge in [0.1, 0.15) is 0 Å². The molecular weight excluding hydrogens is 221 g/mol. The lowest BCUT2D eigenvalue weighted by atomic mass is 10.3. The third kappa shape index (κ3) is 3.26. The van der Waals surface area contributed by atoms with Gasteiger partial charge in [0, 0.05) is 17.8 Å². The number of alkyl halides is 3. The second-order valence-corrected chi connectivity index (χ2v) is 2.72. The van der Waals surface area contributed by atoms with Crippen LogP contribution in [0.2, 0.25) is 0 Å². The smallest absolute Gasteiger partial charge is 0.422 e. The SMILES string of the molecule is Nc1cc(F)c(F)c(OCC(F)(F)F)c1. The first kappa shape index (κ1) is 11.5. The highest BCUT2D eigenvalue weighted by molar-refractivity contribution is 5.45. The number of ether oxygens (including phenoxy) is 1. The zero-order valence-corrected chi connectivity index (χ0v) is 7.24. The second-order valence-electron chi connectivity index (χ2n) is 2.72. The first-order valence-electron chi connectivity index (χ1n) is 3.73. The summed E-state index contributed by atoms with van der Waals surface area (Å²) in [5, 5.41) is 0. The van der Waals surface area contributed by atoms with E-state index in [2.05, 4.69) is 4.74 Å². The van der Waals surface area contributed by atoms with Gasteiger partial charge in [-0.25, -0.2) is 4.39 Å². The number of hydrogen-bond donors (Lipinski definition) is 1. The first-order valence-corrected chi connectivity index (χ1v) is 3.73. The Morgan fingerprint density at radius 3 is 2.33 bits per heavy atom. The van der Waals surface area contributed by atoms with Crippen molar-refractivity contribution in [3.63, 3.8) is 0 Å². The van der Waals surface area contributed by atoms with Gasteiger partial charge < -0.3 is 10.5 Å². The molecule has 0 heterocycles. The van der Waals surface area contributed by atoms with Gasteiger partial charge in [-0.15, -0.1) is 0 Å². The van der Waals surface area contributed by atoms with Crippen LogP contribution in [0.15, 0.2) is 12.1 Å². The molecule has 0 aliphatic rings. The summed E-state index contributed by atoms with van der Waals surface area (Å²) in [4.78, 5) is 0. The lowest BCUT2D eigenvalue weighted by Crippen LogP contribution is -2.19. The maximum Gasteiger partial charge on any atom is 0.422 e. The minimum absolute atomic E-state index is 0.217. The van der Waals surface area contributed by atoms with Gasteiger partial charge in [-0.05, 0) is 0 Å². The molecule has 15 heavy (non-hydrogen) atoms. The van der Waals surface area contributed by atoms with Crippen LogP contribution in [0, 0.1) is 11.6 Å². The van der Waals surface area contributed by atoms with Crippen LogP contribution in [0.3, 0.4) is 0 Å². The highest BCUT2D eigenvalue weighted by Gasteiger charge is 2.29. The van der Waals surface area contributed by atoms with E-state index in [1.54, 1.807) is 0 Å². The number of rotatable bonds is 2. The molecule has 0 amide bonds. The number of anilines is 1. The number of nitrogens with two attached hydrogens (primary N) is 1. The Labute approximate surface area is 81.4 Å². The molecule has 0 aliphatic heterocycles. The molecule has 84 valence electrons. The second kappa shape index (κ2) is 3.92. The van der Waals surface area contributed by atoms with E-state index >= 15 is 0 Å². The fourth-order valence-electron chi connectivity index (χ4n) is 0.848. The van der Waals surface area contributed by atoms with E-state index in [0.717, 1.165) is 6.07 Å². The lowest BCUT2D eigenvalue weighted by molar-refractivity contribution is -0.153. The zero-order chi connectivity index (χ0) is 11.6. The Bertz CT molecular complexity index is 363. The quantitative estimate of drug-likeness (QED) is 0.622. The molecule has 7 heteroatoms. The van der Waals surface area contributed by atoms with Gasteiger partial charge in [0.15, 0.2) is 18.2 Å². The van der Waals surface area contributed by atoms with Gasteiger partial charge in [-0.2, -0.15) is 17.6 Å². The predicted octanol–water partition coefficient (Wildman–Crippen LogP) is 2.49. The minimum atomic E-state index is -4.62. The molecule has 2 N–H and O–H groups in total. The van der Waals surface area contributed by atoms with Gasteiger partial charge in [-0.3, -0.25) is 0 Å². The van der Waals surface area contributed by atoms with Crippen molar-refractivity contribution in [2.75, 3.05) is 12.3 Å². The molecule has 0 atom stereocenters. The van der Waals surface area contributed by atoms with Crippen molar-refractivity contribution in [3.05, 3.63) is 23.8 Å². The fourth-order valence-corrected chi connectivity index (χ4v) is 0.848. The summed E-state index contributed by atoms with van der Waals surface area (Å²) in [7, 11) is 0. The van der Waals surface area contributed by atoms with Gasteiger partial charge in [0.05, 0.1) is 0 Å². The average molecular weight is 227 g/mol. The number of benzene rings is 1. The van der Waals surface area contributed by atoms with E-state index in [-0.39, 0.29) is 5.69 Å². The van der Waals surface area contributed by atoms with Gasteiger partial charge in [-0.1, -0.05) is 0 Å². The van der Waals surface area contributed by atoms with E-state index in [0.29, 0.717) is 6.07 Å². The summed E-state index contributed by atoms with van der Waals surface area (Å²) in [6.45, 7) is -1.70. The van der Waals surface area contributed by atoms with Gasteiger partial charge in [0.2, 0.25) is 5.82 Å². The van der Waals surface area contributed by atoms with Crippen molar-refractivity contribution in [2.24, 2.45) is 0 Å². The van der Waals surface area contributed by atoms with Crippen molar-refractivity contribution in [1.29, 1.82) is 0 Å². The summed E-state index contributed by atoms with van der Waals surface area (Å²) in [6, 6.07) is 1.43. The summed E-state index contributed by atoms with van der Waals surface area (Å²) >= 11 is 0. The van der Waals surface area contributed by atoms with Crippen LogP contribution in [0.1, 0.15) is 0 Å². The fraction of sp³-hybridized carbons (Fsp3) is 0.250. The molecule has 1 aromatic carbocycles. The molecule has 0 saturated heterocycles.